The van der Waals surface area contributed by atoms with Crippen LogP contribution in [0.3, 0.4) is 0 Å². The second kappa shape index (κ2) is 6.76. The van der Waals surface area contributed by atoms with E-state index in [0.29, 0.717) is 6.04 Å². The molecule has 0 aliphatic heterocycles. The summed E-state index contributed by atoms with van der Waals surface area (Å²) in [7, 11) is 0. The minimum atomic E-state index is 0.474. The zero-order valence-corrected chi connectivity index (χ0v) is 12.1. The van der Waals surface area contributed by atoms with Crippen LogP contribution in [-0.2, 0) is 13.0 Å². The normalized spacial score (nSPS) is 12.6. The van der Waals surface area contributed by atoms with Crippen molar-refractivity contribution < 1.29 is 4.42 Å². The lowest BCUT2D eigenvalue weighted by Gasteiger charge is -2.13. The Kier molecular flexibility index (Phi) is 5.02. The van der Waals surface area contributed by atoms with Crippen molar-refractivity contribution in [3.8, 4) is 0 Å². The molecule has 0 fully saturated rings. The van der Waals surface area contributed by atoms with Gasteiger partial charge < -0.3 is 9.73 Å². The lowest BCUT2D eigenvalue weighted by atomic mass is 10.1. The van der Waals surface area contributed by atoms with Gasteiger partial charge in [-0.3, -0.25) is 0 Å². The first kappa shape index (κ1) is 13.4. The fourth-order valence-electron chi connectivity index (χ4n) is 1.84. The van der Waals surface area contributed by atoms with E-state index in [-0.39, 0.29) is 0 Å². The second-order valence-electron chi connectivity index (χ2n) is 4.49. The van der Waals surface area contributed by atoms with Gasteiger partial charge in [0.15, 0.2) is 0 Å². The summed E-state index contributed by atoms with van der Waals surface area (Å²) < 4.78 is 6.49. The van der Waals surface area contributed by atoms with E-state index in [1.165, 1.54) is 5.56 Å². The number of nitrogens with one attached hydrogen (secondary N) is 1. The number of hydrogen-bond acceptors (Lipinski definition) is 2. The molecule has 1 heterocycles. The Morgan fingerprint density at radius 2 is 2.06 bits per heavy atom. The minimum absolute atomic E-state index is 0.474. The molecule has 3 heteroatoms. The highest BCUT2D eigenvalue weighted by Crippen LogP contribution is 2.15. The van der Waals surface area contributed by atoms with E-state index in [2.05, 4.69) is 46.4 Å². The zero-order valence-electron chi connectivity index (χ0n) is 10.5. The molecule has 0 bridgehead atoms. The molecule has 2 nitrogen and oxygen atoms in total. The molecule has 1 aromatic carbocycles. The minimum Gasteiger partial charge on any atom is -0.469 e. The lowest BCUT2D eigenvalue weighted by Crippen LogP contribution is -2.26. The van der Waals surface area contributed by atoms with Crippen molar-refractivity contribution in [2.45, 2.75) is 32.4 Å². The van der Waals surface area contributed by atoms with Crippen molar-refractivity contribution >= 4 is 15.9 Å². The fraction of sp³-hybridized carbons (Fsp3) is 0.333. The largest absolute Gasteiger partial charge is 0.469 e. The van der Waals surface area contributed by atoms with Crippen molar-refractivity contribution in [2.24, 2.45) is 0 Å². The predicted molar refractivity (Wildman–Crippen MR) is 77.5 cm³/mol. The molecule has 1 N–H and O–H groups in total. The van der Waals surface area contributed by atoms with Crippen LogP contribution < -0.4 is 5.32 Å². The first-order valence-electron chi connectivity index (χ1n) is 6.25. The summed E-state index contributed by atoms with van der Waals surface area (Å²) in [4.78, 5) is 0. The Hall–Kier alpha value is -1.06. The van der Waals surface area contributed by atoms with Gasteiger partial charge in [-0.25, -0.2) is 0 Å². The summed E-state index contributed by atoms with van der Waals surface area (Å²) in [6, 6.07) is 12.8. The van der Waals surface area contributed by atoms with E-state index in [1.807, 2.05) is 18.2 Å². The number of hydrogen-bond donors (Lipinski definition) is 1. The molecule has 0 aliphatic carbocycles. The van der Waals surface area contributed by atoms with E-state index in [1.54, 1.807) is 6.26 Å². The van der Waals surface area contributed by atoms with Gasteiger partial charge in [-0.15, -0.1) is 0 Å². The smallest absolute Gasteiger partial charge is 0.103 e. The summed E-state index contributed by atoms with van der Waals surface area (Å²) >= 11 is 3.56. The van der Waals surface area contributed by atoms with Crippen LogP contribution in [0.1, 0.15) is 24.7 Å². The molecule has 1 aromatic heterocycles. The maximum absolute atomic E-state index is 5.33. The molecule has 0 amide bonds. The topological polar surface area (TPSA) is 25.2 Å². The molecule has 0 aliphatic rings. The third-order valence-electron chi connectivity index (χ3n) is 3.00. The molecule has 0 saturated carbocycles. The Morgan fingerprint density at radius 3 is 2.78 bits per heavy atom. The highest BCUT2D eigenvalue weighted by atomic mass is 79.9. The van der Waals surface area contributed by atoms with Crippen molar-refractivity contribution in [3.05, 3.63) is 58.5 Å². The molecule has 2 aromatic rings. The quantitative estimate of drug-likeness (QED) is 0.867. The molecule has 2 rings (SSSR count). The molecule has 96 valence electrons. The predicted octanol–water partition coefficient (Wildman–Crippen LogP) is 4.15. The van der Waals surface area contributed by atoms with Gasteiger partial charge in [0.1, 0.15) is 5.76 Å². The fourth-order valence-corrected chi connectivity index (χ4v) is 2.27. The molecule has 0 spiro atoms. The van der Waals surface area contributed by atoms with Gasteiger partial charge in [0.2, 0.25) is 0 Å². The molecule has 18 heavy (non-hydrogen) atoms. The van der Waals surface area contributed by atoms with Gasteiger partial charge in [-0.2, -0.15) is 0 Å². The van der Waals surface area contributed by atoms with Crippen LogP contribution >= 0.6 is 15.9 Å². The van der Waals surface area contributed by atoms with Gasteiger partial charge in [-0.05, 0) is 37.1 Å². The average Bonchev–Trinajstić information content (AvgIpc) is 2.88. The summed E-state index contributed by atoms with van der Waals surface area (Å²) in [6.07, 6.45) is 3.80. The first-order valence-corrected chi connectivity index (χ1v) is 7.04. The van der Waals surface area contributed by atoms with E-state index >= 15 is 0 Å². The van der Waals surface area contributed by atoms with Crippen LogP contribution in [0.15, 0.2) is 51.6 Å². The molecular formula is C15H18BrNO. The number of aryl methyl sites for hydroxylation is 1. The van der Waals surface area contributed by atoms with Gasteiger partial charge in [0.25, 0.3) is 0 Å². The van der Waals surface area contributed by atoms with Crippen molar-refractivity contribution in [1.29, 1.82) is 0 Å². The molecule has 0 saturated heterocycles. The SMILES string of the molecule is CC(CCc1ccco1)NCc1ccccc1Br. The second-order valence-corrected chi connectivity index (χ2v) is 5.35. The summed E-state index contributed by atoms with van der Waals surface area (Å²) in [5.41, 5.74) is 1.29. The van der Waals surface area contributed by atoms with Crippen LogP contribution in [0.25, 0.3) is 0 Å². The highest BCUT2D eigenvalue weighted by molar-refractivity contribution is 9.10. The third kappa shape index (κ3) is 4.00. The highest BCUT2D eigenvalue weighted by Gasteiger charge is 2.05. The Bertz CT molecular complexity index is 467. The monoisotopic (exact) mass is 307 g/mol. The number of benzene rings is 1. The van der Waals surface area contributed by atoms with Crippen LogP contribution in [0.5, 0.6) is 0 Å². The number of furan rings is 1. The van der Waals surface area contributed by atoms with Crippen LogP contribution in [-0.4, -0.2) is 6.04 Å². The van der Waals surface area contributed by atoms with E-state index in [0.717, 1.165) is 29.6 Å². The maximum atomic E-state index is 5.33. The molecular weight excluding hydrogens is 290 g/mol. The Labute approximate surface area is 117 Å². The van der Waals surface area contributed by atoms with Gasteiger partial charge >= 0.3 is 0 Å². The third-order valence-corrected chi connectivity index (χ3v) is 3.78. The molecule has 0 radical (unpaired) electrons. The van der Waals surface area contributed by atoms with E-state index < -0.39 is 0 Å². The average molecular weight is 308 g/mol. The molecule has 1 unspecified atom stereocenters. The van der Waals surface area contributed by atoms with Gasteiger partial charge in [0, 0.05) is 23.5 Å². The van der Waals surface area contributed by atoms with Crippen molar-refractivity contribution in [3.63, 3.8) is 0 Å². The van der Waals surface area contributed by atoms with Crippen LogP contribution in [0, 0.1) is 0 Å². The van der Waals surface area contributed by atoms with Crippen LogP contribution in [0.4, 0.5) is 0 Å². The van der Waals surface area contributed by atoms with Crippen LogP contribution in [0.2, 0.25) is 0 Å². The Balaban J connectivity index is 1.75. The summed E-state index contributed by atoms with van der Waals surface area (Å²) in [5.74, 6) is 1.06. The molecule has 1 atom stereocenters. The van der Waals surface area contributed by atoms with E-state index in [4.69, 9.17) is 4.42 Å². The maximum Gasteiger partial charge on any atom is 0.103 e. The Morgan fingerprint density at radius 1 is 1.22 bits per heavy atom. The van der Waals surface area contributed by atoms with Gasteiger partial charge in [0.05, 0.1) is 6.26 Å². The summed E-state index contributed by atoms with van der Waals surface area (Å²) in [6.45, 7) is 3.10. The summed E-state index contributed by atoms with van der Waals surface area (Å²) in [5, 5.41) is 3.53. The van der Waals surface area contributed by atoms with Gasteiger partial charge in [-0.1, -0.05) is 34.1 Å². The number of halogens is 1. The van der Waals surface area contributed by atoms with E-state index in [9.17, 15) is 0 Å². The first-order chi connectivity index (χ1) is 8.75. The standard InChI is InChI=1S/C15H18BrNO/c1-12(8-9-14-6-4-10-18-14)17-11-13-5-2-3-7-15(13)16/h2-7,10,12,17H,8-9,11H2,1H3. The van der Waals surface area contributed by atoms with Crippen molar-refractivity contribution in [1.82, 2.24) is 5.32 Å². The zero-order chi connectivity index (χ0) is 12.8. The lowest BCUT2D eigenvalue weighted by molar-refractivity contribution is 0.459. The van der Waals surface area contributed by atoms with Crippen molar-refractivity contribution in [2.75, 3.05) is 0 Å². The number of rotatable bonds is 6.